The summed E-state index contributed by atoms with van der Waals surface area (Å²) in [4.78, 5) is 10.9. The molecule has 0 bridgehead atoms. The first-order chi connectivity index (χ1) is 9.65. The number of nitrogens with one attached hydrogen (secondary N) is 1. The quantitative estimate of drug-likeness (QED) is 0.877. The number of hydrogen-bond donors (Lipinski definition) is 2. The van der Waals surface area contributed by atoms with E-state index in [2.05, 4.69) is 29.6 Å². The van der Waals surface area contributed by atoms with Crippen molar-refractivity contribution in [3.63, 3.8) is 0 Å². The number of benzene rings is 1. The fraction of sp³-hybridized carbons (Fsp3) is 0.312. The summed E-state index contributed by atoms with van der Waals surface area (Å²) in [7, 11) is 0. The molecule has 0 saturated heterocycles. The van der Waals surface area contributed by atoms with E-state index in [0.717, 1.165) is 13.0 Å². The molecule has 1 aromatic heterocycles. The predicted molar refractivity (Wildman–Crippen MR) is 75.0 cm³/mol. The van der Waals surface area contributed by atoms with Crippen molar-refractivity contribution in [2.75, 3.05) is 6.54 Å². The van der Waals surface area contributed by atoms with Crippen molar-refractivity contribution in [2.45, 2.75) is 25.8 Å². The van der Waals surface area contributed by atoms with Crippen LogP contribution in [-0.2, 0) is 13.0 Å². The highest BCUT2D eigenvalue weighted by Crippen LogP contribution is 2.34. The normalized spacial score (nSPS) is 16.6. The molecule has 0 aliphatic heterocycles. The van der Waals surface area contributed by atoms with E-state index >= 15 is 0 Å². The lowest BCUT2D eigenvalue weighted by molar-refractivity contribution is 0.0695. The van der Waals surface area contributed by atoms with Gasteiger partial charge in [0.25, 0.3) is 0 Å². The molecule has 0 spiro atoms. The van der Waals surface area contributed by atoms with E-state index in [1.807, 2.05) is 0 Å². The van der Waals surface area contributed by atoms with E-state index in [0.29, 0.717) is 24.0 Å². The van der Waals surface area contributed by atoms with Crippen molar-refractivity contribution in [3.05, 3.63) is 58.5 Å². The van der Waals surface area contributed by atoms with Crippen LogP contribution in [0.2, 0.25) is 0 Å². The van der Waals surface area contributed by atoms with Crippen LogP contribution in [0.3, 0.4) is 0 Å². The number of aryl methyl sites for hydroxylation is 1. The molecule has 4 nitrogen and oxygen atoms in total. The number of aromatic carboxylic acids is 1. The molecular weight excluding hydrogens is 254 g/mol. The van der Waals surface area contributed by atoms with Crippen LogP contribution in [0.5, 0.6) is 0 Å². The maximum Gasteiger partial charge on any atom is 0.339 e. The Bertz CT molecular complexity index is 645. The molecule has 0 amide bonds. The summed E-state index contributed by atoms with van der Waals surface area (Å²) in [6.45, 7) is 3.13. The molecule has 4 heteroatoms. The van der Waals surface area contributed by atoms with Gasteiger partial charge in [-0.05, 0) is 30.5 Å². The summed E-state index contributed by atoms with van der Waals surface area (Å²) in [6, 6.07) is 10.1. The zero-order valence-corrected chi connectivity index (χ0v) is 11.3. The first-order valence-electron chi connectivity index (χ1n) is 6.76. The van der Waals surface area contributed by atoms with Crippen molar-refractivity contribution < 1.29 is 14.3 Å². The molecule has 1 atom stereocenters. The molecule has 0 saturated carbocycles. The van der Waals surface area contributed by atoms with Gasteiger partial charge >= 0.3 is 5.97 Å². The molecule has 1 aliphatic carbocycles. The Kier molecular flexibility index (Phi) is 3.32. The van der Waals surface area contributed by atoms with Crippen molar-refractivity contribution >= 4 is 5.97 Å². The van der Waals surface area contributed by atoms with Crippen LogP contribution in [0.25, 0.3) is 0 Å². The number of furan rings is 1. The van der Waals surface area contributed by atoms with E-state index < -0.39 is 5.97 Å². The average molecular weight is 271 g/mol. The first-order valence-corrected chi connectivity index (χ1v) is 6.76. The summed E-state index contributed by atoms with van der Waals surface area (Å²) in [5.74, 6) is 0.752. The minimum Gasteiger partial charge on any atom is -0.478 e. The summed E-state index contributed by atoms with van der Waals surface area (Å²) < 4.78 is 5.44. The number of hydrogen-bond acceptors (Lipinski definition) is 3. The fourth-order valence-corrected chi connectivity index (χ4v) is 2.76. The molecule has 0 fully saturated rings. The van der Waals surface area contributed by atoms with Crippen LogP contribution < -0.4 is 5.32 Å². The molecule has 1 unspecified atom stereocenters. The number of rotatable bonds is 5. The lowest BCUT2D eigenvalue weighted by Gasteiger charge is -2.30. The Morgan fingerprint density at radius 2 is 2.25 bits per heavy atom. The molecule has 1 aromatic carbocycles. The molecule has 2 aromatic rings. The number of carboxylic acid groups (broad SMARTS) is 1. The van der Waals surface area contributed by atoms with Crippen LogP contribution in [0.4, 0.5) is 0 Å². The van der Waals surface area contributed by atoms with Crippen LogP contribution >= 0.6 is 0 Å². The van der Waals surface area contributed by atoms with Gasteiger partial charge in [-0.2, -0.15) is 0 Å². The fourth-order valence-electron chi connectivity index (χ4n) is 2.76. The maximum atomic E-state index is 10.9. The van der Waals surface area contributed by atoms with Gasteiger partial charge in [-0.25, -0.2) is 4.79 Å². The number of carboxylic acids is 1. The predicted octanol–water partition coefficient (Wildman–Crippen LogP) is 2.72. The summed E-state index contributed by atoms with van der Waals surface area (Å²) in [5.41, 5.74) is 3.10. The molecule has 1 aliphatic rings. The lowest BCUT2D eigenvalue weighted by Crippen LogP contribution is -2.28. The third kappa shape index (κ3) is 2.34. The smallest absolute Gasteiger partial charge is 0.339 e. The van der Waals surface area contributed by atoms with Gasteiger partial charge in [0, 0.05) is 12.5 Å². The van der Waals surface area contributed by atoms with Crippen molar-refractivity contribution in [1.29, 1.82) is 0 Å². The Hall–Kier alpha value is -2.07. The zero-order chi connectivity index (χ0) is 14.1. The summed E-state index contributed by atoms with van der Waals surface area (Å²) in [6.07, 6.45) is 1.11. The first kappa shape index (κ1) is 12.9. The number of carbonyl (C=O) groups is 1. The van der Waals surface area contributed by atoms with Crippen LogP contribution in [0, 0.1) is 6.92 Å². The monoisotopic (exact) mass is 271 g/mol. The van der Waals surface area contributed by atoms with Crippen LogP contribution in [-0.4, -0.2) is 17.6 Å². The molecular formula is C16H17NO3. The molecule has 1 heterocycles. The Labute approximate surface area is 117 Å². The van der Waals surface area contributed by atoms with E-state index in [4.69, 9.17) is 9.52 Å². The van der Waals surface area contributed by atoms with Crippen molar-refractivity contribution in [1.82, 2.24) is 5.32 Å². The van der Waals surface area contributed by atoms with Gasteiger partial charge in [-0.1, -0.05) is 24.3 Å². The molecule has 2 N–H and O–H groups in total. The minimum atomic E-state index is -0.939. The SMILES string of the molecule is Cc1oc(CNCC2Cc3ccccc32)cc1C(=O)O. The third-order valence-corrected chi connectivity index (χ3v) is 3.85. The van der Waals surface area contributed by atoms with Gasteiger partial charge in [-0.15, -0.1) is 0 Å². The average Bonchev–Trinajstić information content (AvgIpc) is 2.76. The van der Waals surface area contributed by atoms with Crippen molar-refractivity contribution in [2.24, 2.45) is 0 Å². The largest absolute Gasteiger partial charge is 0.478 e. The van der Waals surface area contributed by atoms with E-state index in [9.17, 15) is 4.79 Å². The Morgan fingerprint density at radius 1 is 1.45 bits per heavy atom. The molecule has 20 heavy (non-hydrogen) atoms. The van der Waals surface area contributed by atoms with Crippen molar-refractivity contribution in [3.8, 4) is 0 Å². The van der Waals surface area contributed by atoms with Gasteiger partial charge in [0.1, 0.15) is 17.1 Å². The molecule has 104 valence electrons. The second-order valence-electron chi connectivity index (χ2n) is 5.22. The van der Waals surface area contributed by atoms with Gasteiger partial charge in [0.15, 0.2) is 0 Å². The highest BCUT2D eigenvalue weighted by atomic mass is 16.4. The molecule has 3 rings (SSSR count). The number of fused-ring (bicyclic) bond motifs is 1. The van der Waals surface area contributed by atoms with E-state index in [-0.39, 0.29) is 5.56 Å². The van der Waals surface area contributed by atoms with Gasteiger partial charge in [0.05, 0.1) is 6.54 Å². The second-order valence-corrected chi connectivity index (χ2v) is 5.22. The maximum absolute atomic E-state index is 10.9. The lowest BCUT2D eigenvalue weighted by atomic mass is 9.77. The topological polar surface area (TPSA) is 62.5 Å². The summed E-state index contributed by atoms with van der Waals surface area (Å²) >= 11 is 0. The van der Waals surface area contributed by atoms with E-state index in [1.165, 1.54) is 11.1 Å². The van der Waals surface area contributed by atoms with Crippen LogP contribution in [0.1, 0.15) is 38.9 Å². The van der Waals surface area contributed by atoms with E-state index in [1.54, 1.807) is 13.0 Å². The van der Waals surface area contributed by atoms with Crippen LogP contribution in [0.15, 0.2) is 34.7 Å². The highest BCUT2D eigenvalue weighted by molar-refractivity contribution is 5.88. The Morgan fingerprint density at radius 3 is 2.95 bits per heavy atom. The minimum absolute atomic E-state index is 0.246. The standard InChI is InChI=1S/C16H17NO3/c1-10-15(16(18)19)7-13(20-10)9-17-8-12-6-11-4-2-3-5-14(11)12/h2-5,7,12,17H,6,8-9H2,1H3,(H,18,19). The third-order valence-electron chi connectivity index (χ3n) is 3.85. The summed E-state index contributed by atoms with van der Waals surface area (Å²) in [5, 5.41) is 12.3. The highest BCUT2D eigenvalue weighted by Gasteiger charge is 2.24. The van der Waals surface area contributed by atoms with Gasteiger partial charge in [-0.3, -0.25) is 0 Å². The molecule has 0 radical (unpaired) electrons. The van der Waals surface area contributed by atoms with Gasteiger partial charge in [0.2, 0.25) is 0 Å². The Balaban J connectivity index is 1.54. The zero-order valence-electron chi connectivity index (χ0n) is 11.3. The van der Waals surface area contributed by atoms with Gasteiger partial charge < -0.3 is 14.8 Å². The second kappa shape index (κ2) is 5.13.